The maximum absolute atomic E-state index is 15.7. The molecule has 3 aromatic rings. The molecule has 9 nitrogen and oxygen atoms in total. The predicted molar refractivity (Wildman–Crippen MR) is 137 cm³/mol. The molecule has 0 radical (unpaired) electrons. The molecule has 2 aromatic heterocycles. The lowest BCUT2D eigenvalue weighted by Gasteiger charge is -2.27. The van der Waals surface area contributed by atoms with Gasteiger partial charge in [-0.3, -0.25) is 4.79 Å². The van der Waals surface area contributed by atoms with Gasteiger partial charge in [-0.05, 0) is 39.2 Å². The summed E-state index contributed by atoms with van der Waals surface area (Å²) in [7, 11) is 1.46. The van der Waals surface area contributed by atoms with Gasteiger partial charge in [0.05, 0.1) is 29.7 Å². The Balaban J connectivity index is 1.58. The van der Waals surface area contributed by atoms with E-state index in [-0.39, 0.29) is 46.4 Å². The third-order valence-electron chi connectivity index (χ3n) is 7.41. The lowest BCUT2D eigenvalue weighted by molar-refractivity contribution is 0.0694. The molecule has 2 atom stereocenters. The number of halogens is 1. The van der Waals surface area contributed by atoms with E-state index in [4.69, 9.17) is 9.15 Å². The average Bonchev–Trinajstić information content (AvgIpc) is 3.48. The number of hydrogen-bond acceptors (Lipinski definition) is 7. The summed E-state index contributed by atoms with van der Waals surface area (Å²) in [4.78, 5) is 31.3. The first-order chi connectivity index (χ1) is 17.6. The molecular formula is C27H33FN4O5. The number of aromatic carboxylic acids is 1. The number of carboxylic acids is 1. The van der Waals surface area contributed by atoms with Crippen LogP contribution in [0.1, 0.15) is 72.9 Å². The van der Waals surface area contributed by atoms with Gasteiger partial charge >= 0.3 is 5.97 Å². The second-order valence-electron chi connectivity index (χ2n) is 10.4. The van der Waals surface area contributed by atoms with Gasteiger partial charge in [-0.15, -0.1) is 0 Å². The monoisotopic (exact) mass is 512 g/mol. The van der Waals surface area contributed by atoms with Gasteiger partial charge in [0.25, 0.3) is 0 Å². The topological polar surface area (TPSA) is 110 Å². The highest BCUT2D eigenvalue weighted by Crippen LogP contribution is 2.45. The van der Waals surface area contributed by atoms with E-state index in [9.17, 15) is 14.7 Å². The summed E-state index contributed by atoms with van der Waals surface area (Å²) < 4.78 is 29.2. The minimum atomic E-state index is -1.33. The molecule has 2 unspecified atom stereocenters. The quantitative estimate of drug-likeness (QED) is 0.458. The van der Waals surface area contributed by atoms with Crippen LogP contribution < -0.4 is 20.4 Å². The molecule has 10 heteroatoms. The van der Waals surface area contributed by atoms with Gasteiger partial charge in [0, 0.05) is 37.3 Å². The number of aryl methyl sites for hydroxylation is 2. The molecule has 1 aliphatic heterocycles. The molecule has 0 bridgehead atoms. The first-order valence-electron chi connectivity index (χ1n) is 12.7. The molecule has 2 aliphatic rings. The molecular weight excluding hydrogens is 479 g/mol. The summed E-state index contributed by atoms with van der Waals surface area (Å²) >= 11 is 0. The number of carbonyl (C=O) groups is 1. The Morgan fingerprint density at radius 1 is 1.30 bits per heavy atom. The summed E-state index contributed by atoms with van der Waals surface area (Å²) in [5.41, 5.74) is 0.502. The number of carboxylic acid groups (broad SMARTS) is 1. The van der Waals surface area contributed by atoms with Crippen molar-refractivity contribution in [3.05, 3.63) is 51.2 Å². The average molecular weight is 513 g/mol. The van der Waals surface area contributed by atoms with Gasteiger partial charge in [-0.25, -0.2) is 14.2 Å². The molecule has 37 heavy (non-hydrogen) atoms. The van der Waals surface area contributed by atoms with Crippen LogP contribution in [0.4, 0.5) is 10.1 Å². The molecule has 1 saturated heterocycles. The maximum atomic E-state index is 15.7. The smallest absolute Gasteiger partial charge is 0.341 e. The number of anilines is 1. The Bertz CT molecular complexity index is 1410. The number of pyridine rings is 1. The van der Waals surface area contributed by atoms with Crippen molar-refractivity contribution in [2.45, 2.75) is 65.1 Å². The molecule has 3 heterocycles. The van der Waals surface area contributed by atoms with Gasteiger partial charge < -0.3 is 29.0 Å². The standard InChI is InChI=1S/C27H33FN4O5/c1-13(2)29-21(26-30-14(3)15(4)37-26)16-8-9-31(11-16)23-20(28)10-18-22(25(23)36-5)32(17-6-7-17)12-19(24(18)33)27(34)35/h10,12-13,16-17,21,29H,6-9,11H2,1-5H3,(H,34,35). The SMILES string of the molecule is COc1c(N2CCC(C(NC(C)C)c3nc(C)c(C)o3)C2)c(F)cc2c(=O)c(C(=O)O)cn(C3CC3)c12. The number of nitrogens with one attached hydrogen (secondary N) is 1. The van der Waals surface area contributed by atoms with Crippen molar-refractivity contribution in [1.82, 2.24) is 14.9 Å². The van der Waals surface area contributed by atoms with Crippen LogP contribution in [0, 0.1) is 25.6 Å². The van der Waals surface area contributed by atoms with Crippen molar-refractivity contribution >= 4 is 22.6 Å². The zero-order chi connectivity index (χ0) is 26.6. The van der Waals surface area contributed by atoms with Crippen LogP contribution in [0.25, 0.3) is 10.9 Å². The van der Waals surface area contributed by atoms with Gasteiger partial charge in [0.1, 0.15) is 17.0 Å². The largest absolute Gasteiger partial charge is 0.492 e. The predicted octanol–water partition coefficient (Wildman–Crippen LogP) is 4.35. The van der Waals surface area contributed by atoms with Gasteiger partial charge in [-0.2, -0.15) is 0 Å². The van der Waals surface area contributed by atoms with Crippen LogP contribution in [0.2, 0.25) is 0 Å². The Labute approximate surface area is 214 Å². The van der Waals surface area contributed by atoms with Crippen molar-refractivity contribution in [1.29, 1.82) is 0 Å². The molecule has 198 valence electrons. The van der Waals surface area contributed by atoms with Crippen molar-refractivity contribution < 1.29 is 23.4 Å². The normalized spacial score (nSPS) is 18.7. The fourth-order valence-corrected chi connectivity index (χ4v) is 5.39. The number of nitrogens with zero attached hydrogens (tertiary/aromatic N) is 3. The van der Waals surface area contributed by atoms with Crippen LogP contribution in [-0.4, -0.2) is 46.9 Å². The first kappa shape index (κ1) is 25.3. The van der Waals surface area contributed by atoms with Crippen molar-refractivity contribution in [3.8, 4) is 5.75 Å². The summed E-state index contributed by atoms with van der Waals surface area (Å²) in [6, 6.07) is 1.26. The third-order valence-corrected chi connectivity index (χ3v) is 7.41. The van der Waals surface area contributed by atoms with Crippen LogP contribution >= 0.6 is 0 Å². The van der Waals surface area contributed by atoms with E-state index in [1.807, 2.05) is 18.7 Å². The number of methoxy groups -OCH3 is 1. The van der Waals surface area contributed by atoms with E-state index in [1.165, 1.54) is 19.4 Å². The summed E-state index contributed by atoms with van der Waals surface area (Å²) in [6.07, 6.45) is 3.86. The van der Waals surface area contributed by atoms with Crippen molar-refractivity contribution in [2.24, 2.45) is 5.92 Å². The molecule has 1 saturated carbocycles. The second-order valence-corrected chi connectivity index (χ2v) is 10.4. The summed E-state index contributed by atoms with van der Waals surface area (Å²) in [6.45, 7) is 9.06. The highest BCUT2D eigenvalue weighted by Gasteiger charge is 2.37. The maximum Gasteiger partial charge on any atom is 0.341 e. The Morgan fingerprint density at radius 2 is 2.03 bits per heavy atom. The molecule has 1 aliphatic carbocycles. The molecule has 2 fully saturated rings. The van der Waals surface area contributed by atoms with Crippen LogP contribution in [0.3, 0.4) is 0 Å². The number of rotatable bonds is 8. The summed E-state index contributed by atoms with van der Waals surface area (Å²) in [5, 5.41) is 13.2. The van der Waals surface area contributed by atoms with E-state index in [0.29, 0.717) is 24.5 Å². The lowest BCUT2D eigenvalue weighted by atomic mass is 9.98. The van der Waals surface area contributed by atoms with E-state index in [0.717, 1.165) is 30.7 Å². The molecule has 0 spiro atoms. The number of hydrogen-bond donors (Lipinski definition) is 2. The zero-order valence-electron chi connectivity index (χ0n) is 21.8. The van der Waals surface area contributed by atoms with Crippen molar-refractivity contribution in [2.75, 3.05) is 25.1 Å². The Kier molecular flexibility index (Phi) is 6.47. The summed E-state index contributed by atoms with van der Waals surface area (Å²) in [5.74, 6) is -0.171. The number of fused-ring (bicyclic) bond motifs is 1. The highest BCUT2D eigenvalue weighted by molar-refractivity contribution is 5.97. The molecule has 5 rings (SSSR count). The van der Waals surface area contributed by atoms with Gasteiger partial charge in [-0.1, -0.05) is 13.8 Å². The Morgan fingerprint density at radius 3 is 2.59 bits per heavy atom. The number of benzene rings is 1. The van der Waals surface area contributed by atoms with Crippen LogP contribution in [0.15, 0.2) is 21.5 Å². The third kappa shape index (κ3) is 4.47. The lowest BCUT2D eigenvalue weighted by Crippen LogP contribution is -2.35. The number of aromatic nitrogens is 2. The highest BCUT2D eigenvalue weighted by atomic mass is 19.1. The van der Waals surface area contributed by atoms with Gasteiger partial charge in [0.15, 0.2) is 11.6 Å². The van der Waals surface area contributed by atoms with Gasteiger partial charge in [0.2, 0.25) is 11.3 Å². The zero-order valence-corrected chi connectivity index (χ0v) is 21.8. The van der Waals surface area contributed by atoms with Crippen LogP contribution in [-0.2, 0) is 0 Å². The minimum Gasteiger partial charge on any atom is -0.492 e. The van der Waals surface area contributed by atoms with E-state index in [1.54, 1.807) is 4.57 Å². The molecule has 2 N–H and O–H groups in total. The number of ether oxygens (including phenoxy) is 1. The molecule has 1 aromatic carbocycles. The fourth-order valence-electron chi connectivity index (χ4n) is 5.39. The second kappa shape index (κ2) is 9.48. The first-order valence-corrected chi connectivity index (χ1v) is 12.7. The van der Waals surface area contributed by atoms with Crippen LogP contribution in [0.5, 0.6) is 5.75 Å². The van der Waals surface area contributed by atoms with E-state index in [2.05, 4.69) is 24.1 Å². The minimum absolute atomic E-state index is 0.0192. The number of oxazole rings is 1. The van der Waals surface area contributed by atoms with Crippen molar-refractivity contribution in [3.63, 3.8) is 0 Å². The van der Waals surface area contributed by atoms with E-state index >= 15 is 4.39 Å². The Hall–Kier alpha value is -3.40. The molecule has 0 amide bonds. The van der Waals surface area contributed by atoms with E-state index < -0.39 is 17.2 Å². The fraction of sp³-hybridized carbons (Fsp3) is 0.519.